The zero-order valence-electron chi connectivity index (χ0n) is 20.0. The third-order valence-electron chi connectivity index (χ3n) is 5.89. The summed E-state index contributed by atoms with van der Waals surface area (Å²) in [6, 6.07) is 0. The molecule has 4 nitrogen and oxygen atoms in total. The van der Waals surface area contributed by atoms with Crippen molar-refractivity contribution in [2.24, 2.45) is 0 Å². The Hall–Kier alpha value is -1.58. The van der Waals surface area contributed by atoms with Crippen molar-refractivity contribution in [1.29, 1.82) is 0 Å². The van der Waals surface area contributed by atoms with Crippen LogP contribution in [0.3, 0.4) is 0 Å². The van der Waals surface area contributed by atoms with E-state index in [1.54, 1.807) is 6.92 Å². The fourth-order valence-electron chi connectivity index (χ4n) is 3.69. The average Bonchev–Trinajstić information content (AvgIpc) is 2.75. The second-order valence-electron chi connectivity index (χ2n) is 8.55. The molecule has 0 heterocycles. The first kappa shape index (κ1) is 26.5. The number of aromatic hydroxyl groups is 2. The first-order valence-electron chi connectivity index (χ1n) is 12.3. The van der Waals surface area contributed by atoms with Crippen molar-refractivity contribution >= 4 is 0 Å². The van der Waals surface area contributed by atoms with Crippen molar-refractivity contribution in [3.8, 4) is 23.0 Å². The molecule has 30 heavy (non-hydrogen) atoms. The zero-order chi connectivity index (χ0) is 22.2. The lowest BCUT2D eigenvalue weighted by Gasteiger charge is -2.19. The molecule has 2 N–H and O–H groups in total. The van der Waals surface area contributed by atoms with Gasteiger partial charge < -0.3 is 19.7 Å². The zero-order valence-corrected chi connectivity index (χ0v) is 20.0. The van der Waals surface area contributed by atoms with Crippen molar-refractivity contribution in [3.05, 3.63) is 11.1 Å². The van der Waals surface area contributed by atoms with Crippen molar-refractivity contribution in [1.82, 2.24) is 0 Å². The van der Waals surface area contributed by atoms with Gasteiger partial charge >= 0.3 is 0 Å². The van der Waals surface area contributed by atoms with Gasteiger partial charge in [-0.3, -0.25) is 0 Å². The highest BCUT2D eigenvalue weighted by molar-refractivity contribution is 5.65. The summed E-state index contributed by atoms with van der Waals surface area (Å²) in [5.74, 6) is 0.571. The third-order valence-corrected chi connectivity index (χ3v) is 5.89. The second-order valence-corrected chi connectivity index (χ2v) is 8.55. The first-order chi connectivity index (χ1) is 14.5. The lowest BCUT2D eigenvalue weighted by Crippen LogP contribution is -2.05. The molecule has 0 bridgehead atoms. The quantitative estimate of drug-likeness (QED) is 0.186. The fourth-order valence-corrected chi connectivity index (χ4v) is 3.69. The molecule has 0 aromatic heterocycles. The maximum absolute atomic E-state index is 10.5. The molecule has 0 unspecified atom stereocenters. The number of hydrogen-bond donors (Lipinski definition) is 2. The fraction of sp³-hybridized carbons (Fsp3) is 0.769. The monoisotopic (exact) mass is 422 g/mol. The molecule has 174 valence electrons. The number of benzene rings is 1. The lowest BCUT2D eigenvalue weighted by molar-refractivity contribution is 0.243. The van der Waals surface area contributed by atoms with Gasteiger partial charge in [-0.25, -0.2) is 0 Å². The first-order valence-corrected chi connectivity index (χ1v) is 12.3. The number of rotatable bonds is 18. The number of phenolic OH excluding ortho intramolecular Hbond substituents is 2. The van der Waals surface area contributed by atoms with Crippen LogP contribution in [0.1, 0.15) is 115 Å². The smallest absolute Gasteiger partial charge is 0.207 e. The predicted octanol–water partition coefficient (Wildman–Crippen LogP) is 7.97. The molecule has 0 radical (unpaired) electrons. The van der Waals surface area contributed by atoms with Gasteiger partial charge in [0.25, 0.3) is 0 Å². The second kappa shape index (κ2) is 16.2. The third kappa shape index (κ3) is 9.49. The minimum Gasteiger partial charge on any atom is -0.504 e. The summed E-state index contributed by atoms with van der Waals surface area (Å²) in [6.07, 6.45) is 17.0. The van der Waals surface area contributed by atoms with Gasteiger partial charge in [-0.05, 0) is 26.7 Å². The van der Waals surface area contributed by atoms with E-state index in [4.69, 9.17) is 9.47 Å². The Morgan fingerprint density at radius 3 is 1.37 bits per heavy atom. The topological polar surface area (TPSA) is 58.9 Å². The molecular formula is C26H46O4. The Morgan fingerprint density at radius 1 is 0.500 bits per heavy atom. The van der Waals surface area contributed by atoms with Gasteiger partial charge in [-0.1, -0.05) is 90.9 Å². The summed E-state index contributed by atoms with van der Waals surface area (Å²) < 4.78 is 11.9. The lowest BCUT2D eigenvalue weighted by atomic mass is 10.1. The van der Waals surface area contributed by atoms with Gasteiger partial charge in [0, 0.05) is 11.1 Å². The van der Waals surface area contributed by atoms with Crippen molar-refractivity contribution in [2.75, 3.05) is 13.2 Å². The Kier molecular flexibility index (Phi) is 14.2. The summed E-state index contributed by atoms with van der Waals surface area (Å²) in [6.45, 7) is 9.30. The normalized spacial score (nSPS) is 11.1. The van der Waals surface area contributed by atoms with Crippen LogP contribution in [-0.4, -0.2) is 23.4 Å². The summed E-state index contributed by atoms with van der Waals surface area (Å²) in [5.41, 5.74) is 1.48. The van der Waals surface area contributed by atoms with Gasteiger partial charge in [0.2, 0.25) is 11.5 Å². The van der Waals surface area contributed by atoms with Crippen LogP contribution >= 0.6 is 0 Å². The molecule has 0 saturated heterocycles. The number of unbranched alkanes of at least 4 members (excludes halogenated alkanes) is 12. The molecule has 1 rings (SSSR count). The van der Waals surface area contributed by atoms with Crippen molar-refractivity contribution in [3.63, 3.8) is 0 Å². The van der Waals surface area contributed by atoms with Crippen LogP contribution in [0, 0.1) is 13.8 Å². The minimum atomic E-state index is -0.199. The van der Waals surface area contributed by atoms with E-state index < -0.39 is 0 Å². The maximum Gasteiger partial charge on any atom is 0.207 e. The van der Waals surface area contributed by atoms with Crippen LogP contribution in [-0.2, 0) is 0 Å². The van der Waals surface area contributed by atoms with E-state index in [9.17, 15) is 10.2 Å². The van der Waals surface area contributed by atoms with E-state index in [2.05, 4.69) is 13.8 Å². The van der Waals surface area contributed by atoms with E-state index >= 15 is 0 Å². The summed E-state index contributed by atoms with van der Waals surface area (Å²) in [7, 11) is 0. The molecular weight excluding hydrogens is 376 g/mol. The predicted molar refractivity (Wildman–Crippen MR) is 126 cm³/mol. The van der Waals surface area contributed by atoms with E-state index in [1.807, 2.05) is 6.92 Å². The van der Waals surface area contributed by atoms with Crippen molar-refractivity contribution in [2.45, 2.75) is 118 Å². The van der Waals surface area contributed by atoms with E-state index in [0.29, 0.717) is 30.3 Å². The molecule has 0 fully saturated rings. The highest BCUT2D eigenvalue weighted by atomic mass is 16.5. The van der Waals surface area contributed by atoms with E-state index in [-0.39, 0.29) is 11.5 Å². The molecule has 1 aromatic carbocycles. The number of hydrogen-bond acceptors (Lipinski definition) is 4. The molecule has 0 atom stereocenters. The highest BCUT2D eigenvalue weighted by Gasteiger charge is 2.22. The molecule has 4 heteroatoms. The SMILES string of the molecule is CCCCCCCCCOc1c(C)c(C)c(O)c(O)c1OCCCCCCCCC. The Balaban J connectivity index is 2.52. The average molecular weight is 423 g/mol. The molecule has 0 aliphatic heterocycles. The van der Waals surface area contributed by atoms with Crippen LogP contribution in [0.25, 0.3) is 0 Å². The van der Waals surface area contributed by atoms with Crippen molar-refractivity contribution < 1.29 is 19.7 Å². The Morgan fingerprint density at radius 2 is 0.900 bits per heavy atom. The largest absolute Gasteiger partial charge is 0.504 e. The van der Waals surface area contributed by atoms with Crippen LogP contribution in [0.5, 0.6) is 23.0 Å². The summed E-state index contributed by atoms with van der Waals surface area (Å²) in [5, 5.41) is 20.7. The van der Waals surface area contributed by atoms with Crippen LogP contribution in [0.15, 0.2) is 0 Å². The van der Waals surface area contributed by atoms with Gasteiger partial charge in [0.05, 0.1) is 13.2 Å². The van der Waals surface area contributed by atoms with Gasteiger partial charge in [-0.15, -0.1) is 0 Å². The number of phenols is 2. The van der Waals surface area contributed by atoms with Crippen LogP contribution in [0.4, 0.5) is 0 Å². The Labute approximate surface area is 185 Å². The van der Waals surface area contributed by atoms with Gasteiger partial charge in [0.1, 0.15) is 0 Å². The molecule has 0 amide bonds. The summed E-state index contributed by atoms with van der Waals surface area (Å²) >= 11 is 0. The highest BCUT2D eigenvalue weighted by Crippen LogP contribution is 2.48. The molecule has 0 spiro atoms. The minimum absolute atomic E-state index is 0.106. The van der Waals surface area contributed by atoms with Crippen LogP contribution < -0.4 is 9.47 Å². The molecule has 1 aromatic rings. The molecule has 0 saturated carbocycles. The molecule has 0 aliphatic carbocycles. The van der Waals surface area contributed by atoms with Gasteiger partial charge in [0.15, 0.2) is 11.5 Å². The molecule has 0 aliphatic rings. The number of ether oxygens (including phenoxy) is 2. The maximum atomic E-state index is 10.5. The standard InChI is InChI=1S/C26H46O4/c1-5-7-9-11-13-15-17-19-29-25-22(4)21(3)23(27)24(28)26(25)30-20-18-16-14-12-10-8-6-2/h27-28H,5-20H2,1-4H3. The van der Waals surface area contributed by atoms with E-state index in [0.717, 1.165) is 31.2 Å². The Bertz CT molecular complexity index is 532. The summed E-state index contributed by atoms with van der Waals surface area (Å²) in [4.78, 5) is 0. The van der Waals surface area contributed by atoms with E-state index in [1.165, 1.54) is 64.2 Å². The van der Waals surface area contributed by atoms with Gasteiger partial charge in [-0.2, -0.15) is 0 Å². The van der Waals surface area contributed by atoms with Crippen LogP contribution in [0.2, 0.25) is 0 Å².